The third-order valence-electron chi connectivity index (χ3n) is 3.80. The smallest absolute Gasteiger partial charge is 0.198 e. The summed E-state index contributed by atoms with van der Waals surface area (Å²) in [6, 6.07) is 5.96. The van der Waals surface area contributed by atoms with Crippen LogP contribution in [0.25, 0.3) is 5.69 Å². The van der Waals surface area contributed by atoms with Gasteiger partial charge in [-0.1, -0.05) is 5.21 Å². The van der Waals surface area contributed by atoms with Gasteiger partial charge >= 0.3 is 0 Å². The largest absolute Gasteiger partial charge is 0.296 e. The molecule has 110 valence electrons. The van der Waals surface area contributed by atoms with Crippen molar-refractivity contribution >= 4 is 5.78 Å². The number of likely N-dealkylation sites (tertiary alicyclic amines) is 1. The zero-order valence-corrected chi connectivity index (χ0v) is 11.9. The highest BCUT2D eigenvalue weighted by molar-refractivity contribution is 5.96. The Morgan fingerprint density at radius 2 is 1.90 bits per heavy atom. The highest BCUT2D eigenvalue weighted by atomic mass is 19.1. The topological polar surface area (TPSA) is 51.0 Å². The van der Waals surface area contributed by atoms with Gasteiger partial charge in [-0.05, 0) is 57.1 Å². The van der Waals surface area contributed by atoms with Crippen LogP contribution in [-0.2, 0) is 0 Å². The van der Waals surface area contributed by atoms with E-state index < -0.39 is 0 Å². The summed E-state index contributed by atoms with van der Waals surface area (Å²) in [5.41, 5.74) is 1.78. The van der Waals surface area contributed by atoms with Crippen LogP contribution in [0.4, 0.5) is 4.39 Å². The monoisotopic (exact) mass is 288 g/mol. The van der Waals surface area contributed by atoms with Crippen LogP contribution in [0, 0.1) is 12.7 Å². The van der Waals surface area contributed by atoms with Crippen LogP contribution in [0.5, 0.6) is 0 Å². The lowest BCUT2D eigenvalue weighted by Gasteiger charge is -2.12. The van der Waals surface area contributed by atoms with Gasteiger partial charge in [0.25, 0.3) is 0 Å². The van der Waals surface area contributed by atoms with Crippen molar-refractivity contribution in [1.29, 1.82) is 0 Å². The normalized spacial score (nSPS) is 15.5. The molecule has 1 aliphatic rings. The number of hydrogen-bond donors (Lipinski definition) is 0. The summed E-state index contributed by atoms with van der Waals surface area (Å²) in [4.78, 5) is 14.4. The van der Waals surface area contributed by atoms with Gasteiger partial charge in [0.1, 0.15) is 5.82 Å². The molecule has 6 heteroatoms. The number of aromatic nitrogens is 3. The molecular formula is C15H17FN4O. The average molecular weight is 288 g/mol. The third-order valence-corrected chi connectivity index (χ3v) is 3.80. The first kappa shape index (κ1) is 13.9. The Labute approximate surface area is 122 Å². The molecule has 2 aromatic rings. The minimum atomic E-state index is -0.304. The summed E-state index contributed by atoms with van der Waals surface area (Å²) in [6.45, 7) is 4.14. The number of Topliss-reactive ketones (excluding diaryl/α,β-unsaturated/α-hetero) is 1. The summed E-state index contributed by atoms with van der Waals surface area (Å²) >= 11 is 0. The van der Waals surface area contributed by atoms with Crippen LogP contribution in [0.2, 0.25) is 0 Å². The first-order valence-corrected chi connectivity index (χ1v) is 7.09. The van der Waals surface area contributed by atoms with Crippen molar-refractivity contribution in [2.45, 2.75) is 19.8 Å². The maximum absolute atomic E-state index is 13.0. The molecule has 0 aliphatic carbocycles. The van der Waals surface area contributed by atoms with E-state index in [9.17, 15) is 9.18 Å². The molecule has 0 radical (unpaired) electrons. The van der Waals surface area contributed by atoms with Crippen LogP contribution in [0.15, 0.2) is 24.3 Å². The summed E-state index contributed by atoms with van der Waals surface area (Å²) in [7, 11) is 0. The SMILES string of the molecule is Cc1c(C(=O)CN2CCCC2)nnn1-c1ccc(F)cc1. The zero-order chi connectivity index (χ0) is 14.8. The van der Waals surface area contributed by atoms with Crippen molar-refractivity contribution in [2.75, 3.05) is 19.6 Å². The molecule has 0 saturated carbocycles. The molecule has 1 aromatic heterocycles. The van der Waals surface area contributed by atoms with Crippen molar-refractivity contribution in [1.82, 2.24) is 19.9 Å². The lowest BCUT2D eigenvalue weighted by molar-refractivity contribution is 0.0939. The third kappa shape index (κ3) is 2.85. The van der Waals surface area contributed by atoms with Gasteiger partial charge in [-0.3, -0.25) is 9.69 Å². The van der Waals surface area contributed by atoms with E-state index in [0.29, 0.717) is 23.6 Å². The van der Waals surface area contributed by atoms with Gasteiger partial charge in [0.15, 0.2) is 11.5 Å². The van der Waals surface area contributed by atoms with Gasteiger partial charge in [0, 0.05) is 0 Å². The molecule has 5 nitrogen and oxygen atoms in total. The van der Waals surface area contributed by atoms with E-state index >= 15 is 0 Å². The summed E-state index contributed by atoms with van der Waals surface area (Å²) in [5.74, 6) is -0.315. The fraction of sp³-hybridized carbons (Fsp3) is 0.400. The lowest BCUT2D eigenvalue weighted by Crippen LogP contribution is -2.27. The molecule has 1 aliphatic heterocycles. The van der Waals surface area contributed by atoms with Crippen molar-refractivity contribution in [3.63, 3.8) is 0 Å². The molecular weight excluding hydrogens is 271 g/mol. The maximum Gasteiger partial charge on any atom is 0.198 e. The highest BCUT2D eigenvalue weighted by Gasteiger charge is 2.21. The number of halogens is 1. The Bertz CT molecular complexity index is 644. The molecule has 0 spiro atoms. The highest BCUT2D eigenvalue weighted by Crippen LogP contribution is 2.15. The Hall–Kier alpha value is -2.08. The van der Waals surface area contributed by atoms with Gasteiger partial charge in [0.05, 0.1) is 17.9 Å². The molecule has 1 fully saturated rings. The van der Waals surface area contributed by atoms with E-state index in [0.717, 1.165) is 25.9 Å². The van der Waals surface area contributed by atoms with Gasteiger partial charge in [-0.15, -0.1) is 5.10 Å². The standard InChI is InChI=1S/C15H17FN4O/c1-11-15(14(21)10-19-8-2-3-9-19)17-18-20(11)13-6-4-12(16)5-7-13/h4-7H,2-3,8-10H2,1H3. The predicted molar refractivity (Wildman–Crippen MR) is 76.1 cm³/mol. The molecule has 0 N–H and O–H groups in total. The Morgan fingerprint density at radius 1 is 1.24 bits per heavy atom. The average Bonchev–Trinajstić information content (AvgIpc) is 3.09. The van der Waals surface area contributed by atoms with Crippen molar-refractivity contribution < 1.29 is 9.18 Å². The first-order chi connectivity index (χ1) is 10.1. The van der Waals surface area contributed by atoms with Gasteiger partial charge in [0.2, 0.25) is 0 Å². The molecule has 1 saturated heterocycles. The van der Waals surface area contributed by atoms with Crippen LogP contribution >= 0.6 is 0 Å². The van der Waals surface area contributed by atoms with Crippen LogP contribution in [0.3, 0.4) is 0 Å². The molecule has 1 aromatic carbocycles. The van der Waals surface area contributed by atoms with E-state index in [1.54, 1.807) is 23.7 Å². The second kappa shape index (κ2) is 5.73. The second-order valence-corrected chi connectivity index (χ2v) is 5.32. The molecule has 0 atom stereocenters. The first-order valence-electron chi connectivity index (χ1n) is 7.09. The molecule has 21 heavy (non-hydrogen) atoms. The van der Waals surface area contributed by atoms with Crippen LogP contribution in [-0.4, -0.2) is 45.3 Å². The number of hydrogen-bond acceptors (Lipinski definition) is 4. The molecule has 0 unspecified atom stereocenters. The number of carbonyl (C=O) groups is 1. The zero-order valence-electron chi connectivity index (χ0n) is 11.9. The molecule has 0 bridgehead atoms. The summed E-state index contributed by atoms with van der Waals surface area (Å²) in [6.07, 6.45) is 2.29. The fourth-order valence-corrected chi connectivity index (χ4v) is 2.63. The maximum atomic E-state index is 13.0. The van der Waals surface area contributed by atoms with Gasteiger partial charge in [-0.2, -0.15) is 0 Å². The summed E-state index contributed by atoms with van der Waals surface area (Å²) < 4.78 is 14.5. The summed E-state index contributed by atoms with van der Waals surface area (Å²) in [5, 5.41) is 8.02. The van der Waals surface area contributed by atoms with Crippen molar-refractivity contribution in [3.05, 3.63) is 41.5 Å². The number of nitrogens with zero attached hydrogens (tertiary/aromatic N) is 4. The van der Waals surface area contributed by atoms with E-state index in [2.05, 4.69) is 15.2 Å². The quantitative estimate of drug-likeness (QED) is 0.807. The van der Waals surface area contributed by atoms with Crippen LogP contribution in [0.1, 0.15) is 29.0 Å². The number of carbonyl (C=O) groups excluding carboxylic acids is 1. The minimum absolute atomic E-state index is 0.0113. The van der Waals surface area contributed by atoms with Crippen LogP contribution < -0.4 is 0 Å². The Morgan fingerprint density at radius 3 is 2.57 bits per heavy atom. The van der Waals surface area contributed by atoms with E-state index in [-0.39, 0.29) is 11.6 Å². The van der Waals surface area contributed by atoms with Crippen molar-refractivity contribution in [2.24, 2.45) is 0 Å². The van der Waals surface area contributed by atoms with E-state index in [1.165, 1.54) is 12.1 Å². The predicted octanol–water partition coefficient (Wildman–Crippen LogP) is 1.99. The lowest BCUT2D eigenvalue weighted by atomic mass is 10.2. The Kier molecular flexibility index (Phi) is 3.79. The van der Waals surface area contributed by atoms with Gasteiger partial charge < -0.3 is 0 Å². The number of benzene rings is 1. The minimum Gasteiger partial charge on any atom is -0.296 e. The second-order valence-electron chi connectivity index (χ2n) is 5.32. The van der Waals surface area contributed by atoms with Crippen molar-refractivity contribution in [3.8, 4) is 5.69 Å². The number of rotatable bonds is 4. The van der Waals surface area contributed by atoms with Gasteiger partial charge in [-0.25, -0.2) is 9.07 Å². The van der Waals surface area contributed by atoms with E-state index in [4.69, 9.17) is 0 Å². The van der Waals surface area contributed by atoms with E-state index in [1.807, 2.05) is 0 Å². The molecule has 3 rings (SSSR count). The molecule has 0 amide bonds. The fourth-order valence-electron chi connectivity index (χ4n) is 2.63. The Balaban J connectivity index is 1.81. The number of ketones is 1. The molecule has 2 heterocycles.